The second-order valence-electron chi connectivity index (χ2n) is 5.94. The van der Waals surface area contributed by atoms with Gasteiger partial charge in [-0.1, -0.05) is 27.7 Å². The number of hydrogen-bond donors (Lipinski definition) is 1. The molecule has 0 saturated carbocycles. The van der Waals surface area contributed by atoms with E-state index in [-0.39, 0.29) is 6.04 Å². The number of thiazole rings is 1. The summed E-state index contributed by atoms with van der Waals surface area (Å²) < 4.78 is 0. The van der Waals surface area contributed by atoms with Gasteiger partial charge in [0.05, 0.1) is 11.7 Å². The molecule has 1 aromatic heterocycles. The van der Waals surface area contributed by atoms with Gasteiger partial charge in [-0.2, -0.15) is 0 Å². The Balaban J connectivity index is 2.17. The van der Waals surface area contributed by atoms with Gasteiger partial charge in [0.15, 0.2) is 0 Å². The maximum Gasteiger partial charge on any atom is 0.110 e. The fourth-order valence-corrected chi connectivity index (χ4v) is 3.80. The van der Waals surface area contributed by atoms with Crippen molar-refractivity contribution in [3.8, 4) is 0 Å². The summed E-state index contributed by atoms with van der Waals surface area (Å²) in [7, 11) is 0. The normalized spacial score (nSPS) is 21.9. The first-order chi connectivity index (χ1) is 7.99. The summed E-state index contributed by atoms with van der Waals surface area (Å²) in [5, 5.41) is 1.15. The topological polar surface area (TPSA) is 38.9 Å². The molecule has 2 nitrogen and oxygen atoms in total. The minimum absolute atomic E-state index is 0.114. The molecule has 0 aromatic carbocycles. The van der Waals surface area contributed by atoms with Crippen molar-refractivity contribution in [1.29, 1.82) is 0 Å². The Bertz CT molecular complexity index is 382. The molecule has 0 aliphatic heterocycles. The molecule has 0 spiro atoms. The molecule has 0 bridgehead atoms. The minimum Gasteiger partial charge on any atom is -0.322 e. The lowest BCUT2D eigenvalue weighted by Gasteiger charge is -2.24. The minimum atomic E-state index is 0.114. The Kier molecular flexibility index (Phi) is 3.88. The lowest BCUT2D eigenvalue weighted by atomic mass is 9.83. The van der Waals surface area contributed by atoms with Gasteiger partial charge in [0.1, 0.15) is 5.01 Å². The van der Waals surface area contributed by atoms with Crippen molar-refractivity contribution < 1.29 is 0 Å². The standard InChI is InChI=1S/C14H24N2S/c1-8(2)10-5-6-11-12(7-10)17-14(16-11)13(15)9(3)4/h8-10,13H,5-7,15H2,1-4H3. The Hall–Kier alpha value is -0.410. The van der Waals surface area contributed by atoms with Gasteiger partial charge in [-0.05, 0) is 37.0 Å². The molecule has 0 radical (unpaired) electrons. The maximum absolute atomic E-state index is 6.19. The van der Waals surface area contributed by atoms with Crippen molar-refractivity contribution in [3.63, 3.8) is 0 Å². The van der Waals surface area contributed by atoms with Crippen LogP contribution in [0.3, 0.4) is 0 Å². The van der Waals surface area contributed by atoms with Crippen LogP contribution in [0.4, 0.5) is 0 Å². The number of rotatable bonds is 3. The molecule has 1 aliphatic carbocycles. The predicted octanol–water partition coefficient (Wildman–Crippen LogP) is 3.56. The molecule has 2 atom stereocenters. The maximum atomic E-state index is 6.19. The van der Waals surface area contributed by atoms with Crippen LogP contribution in [0.15, 0.2) is 0 Å². The van der Waals surface area contributed by atoms with Gasteiger partial charge in [0, 0.05) is 4.88 Å². The van der Waals surface area contributed by atoms with Gasteiger partial charge in [-0.3, -0.25) is 0 Å². The van der Waals surface area contributed by atoms with Crippen molar-refractivity contribution in [1.82, 2.24) is 4.98 Å². The average Bonchev–Trinajstić information content (AvgIpc) is 2.69. The van der Waals surface area contributed by atoms with E-state index in [9.17, 15) is 0 Å². The van der Waals surface area contributed by atoms with Crippen LogP contribution in [0.2, 0.25) is 0 Å². The molecule has 1 aromatic rings. The zero-order valence-corrected chi connectivity index (χ0v) is 12.2. The molecule has 2 unspecified atom stereocenters. The lowest BCUT2D eigenvalue weighted by Crippen LogP contribution is -2.18. The molecular formula is C14H24N2S. The number of hydrogen-bond acceptors (Lipinski definition) is 3. The zero-order valence-electron chi connectivity index (χ0n) is 11.4. The molecule has 2 N–H and O–H groups in total. The fourth-order valence-electron chi connectivity index (χ4n) is 2.42. The number of aryl methyl sites for hydroxylation is 1. The Morgan fingerprint density at radius 3 is 2.59 bits per heavy atom. The number of fused-ring (bicyclic) bond motifs is 1. The molecule has 3 heteroatoms. The molecular weight excluding hydrogens is 228 g/mol. The van der Waals surface area contributed by atoms with E-state index in [4.69, 9.17) is 10.7 Å². The number of nitrogens with two attached hydrogens (primary N) is 1. The van der Waals surface area contributed by atoms with Crippen LogP contribution < -0.4 is 5.73 Å². The summed E-state index contributed by atoms with van der Waals surface area (Å²) in [6, 6.07) is 0.114. The van der Waals surface area contributed by atoms with E-state index in [0.29, 0.717) is 5.92 Å². The first-order valence-electron chi connectivity index (χ1n) is 6.73. The molecule has 2 rings (SSSR count). The van der Waals surface area contributed by atoms with Crippen molar-refractivity contribution in [2.75, 3.05) is 0 Å². The third-order valence-electron chi connectivity index (χ3n) is 3.94. The molecule has 0 saturated heterocycles. The largest absolute Gasteiger partial charge is 0.322 e. The third-order valence-corrected chi connectivity index (χ3v) is 5.16. The predicted molar refractivity (Wildman–Crippen MR) is 74.2 cm³/mol. The van der Waals surface area contributed by atoms with E-state index in [1.165, 1.54) is 23.4 Å². The number of nitrogens with zero attached hydrogens (tertiary/aromatic N) is 1. The van der Waals surface area contributed by atoms with Crippen LogP contribution in [0.1, 0.15) is 55.7 Å². The van der Waals surface area contributed by atoms with Crippen LogP contribution in [-0.2, 0) is 12.8 Å². The lowest BCUT2D eigenvalue weighted by molar-refractivity contribution is 0.343. The first-order valence-corrected chi connectivity index (χ1v) is 7.54. The van der Waals surface area contributed by atoms with Crippen molar-refractivity contribution >= 4 is 11.3 Å². The highest BCUT2D eigenvalue weighted by molar-refractivity contribution is 7.11. The summed E-state index contributed by atoms with van der Waals surface area (Å²) in [6.45, 7) is 9.00. The SMILES string of the molecule is CC(C)C1CCc2nc(C(N)C(C)C)sc2C1. The van der Waals surface area contributed by atoms with Crippen LogP contribution >= 0.6 is 11.3 Å². The van der Waals surface area contributed by atoms with Crippen molar-refractivity contribution in [2.45, 2.75) is 53.0 Å². The Labute approximate surface area is 109 Å². The van der Waals surface area contributed by atoms with E-state index in [1.54, 1.807) is 0 Å². The highest BCUT2D eigenvalue weighted by atomic mass is 32.1. The third kappa shape index (κ3) is 2.71. The molecule has 96 valence electrons. The van der Waals surface area contributed by atoms with E-state index < -0.39 is 0 Å². The average molecular weight is 252 g/mol. The Morgan fingerprint density at radius 2 is 2.00 bits per heavy atom. The van der Waals surface area contributed by atoms with Crippen LogP contribution in [-0.4, -0.2) is 4.98 Å². The van der Waals surface area contributed by atoms with E-state index in [2.05, 4.69) is 27.7 Å². The van der Waals surface area contributed by atoms with Gasteiger partial charge in [-0.25, -0.2) is 4.98 Å². The summed E-state index contributed by atoms with van der Waals surface area (Å²) in [5.41, 5.74) is 7.52. The van der Waals surface area contributed by atoms with Crippen LogP contribution in [0.25, 0.3) is 0 Å². The van der Waals surface area contributed by atoms with Gasteiger partial charge in [-0.15, -0.1) is 11.3 Å². The summed E-state index contributed by atoms with van der Waals surface area (Å²) in [5.74, 6) is 2.10. The fraction of sp³-hybridized carbons (Fsp3) is 0.786. The smallest absolute Gasteiger partial charge is 0.110 e. The van der Waals surface area contributed by atoms with Gasteiger partial charge >= 0.3 is 0 Å². The number of aromatic nitrogens is 1. The first kappa shape index (κ1) is 13.0. The summed E-state index contributed by atoms with van der Waals surface area (Å²) in [6.07, 6.45) is 3.67. The molecule has 0 amide bonds. The molecule has 1 heterocycles. The van der Waals surface area contributed by atoms with Crippen molar-refractivity contribution in [3.05, 3.63) is 15.6 Å². The van der Waals surface area contributed by atoms with Gasteiger partial charge in [0.25, 0.3) is 0 Å². The highest BCUT2D eigenvalue weighted by Gasteiger charge is 2.26. The monoisotopic (exact) mass is 252 g/mol. The quantitative estimate of drug-likeness (QED) is 0.893. The zero-order chi connectivity index (χ0) is 12.6. The van der Waals surface area contributed by atoms with E-state index >= 15 is 0 Å². The molecule has 17 heavy (non-hydrogen) atoms. The highest BCUT2D eigenvalue weighted by Crippen LogP contribution is 2.35. The van der Waals surface area contributed by atoms with Crippen molar-refractivity contribution in [2.24, 2.45) is 23.5 Å². The van der Waals surface area contributed by atoms with Crippen LogP contribution in [0, 0.1) is 17.8 Å². The molecule has 0 fully saturated rings. The summed E-state index contributed by atoms with van der Waals surface area (Å²) >= 11 is 1.86. The van der Waals surface area contributed by atoms with Crippen LogP contribution in [0.5, 0.6) is 0 Å². The van der Waals surface area contributed by atoms with E-state index in [1.807, 2.05) is 11.3 Å². The second kappa shape index (κ2) is 5.07. The second-order valence-corrected chi connectivity index (χ2v) is 7.05. The van der Waals surface area contributed by atoms with Gasteiger partial charge < -0.3 is 5.73 Å². The van der Waals surface area contributed by atoms with E-state index in [0.717, 1.165) is 23.3 Å². The molecule has 1 aliphatic rings. The van der Waals surface area contributed by atoms with Gasteiger partial charge in [0.2, 0.25) is 0 Å². The Morgan fingerprint density at radius 1 is 1.29 bits per heavy atom. The summed E-state index contributed by atoms with van der Waals surface area (Å²) in [4.78, 5) is 6.26.